The fraction of sp³-hybridized carbons (Fsp3) is 0.167. The second kappa shape index (κ2) is 5.64. The number of H-pyrrole nitrogens is 1. The molecule has 106 valence electrons. The number of nitrogens with zero attached hydrogens (tertiary/aromatic N) is 1. The number of hydrogen-bond acceptors (Lipinski definition) is 2. The van der Waals surface area contributed by atoms with Crippen LogP contribution in [-0.4, -0.2) is 28.9 Å². The highest BCUT2D eigenvalue weighted by atomic mass is 19.4. The first kappa shape index (κ1) is 13.9. The second-order valence-electron chi connectivity index (χ2n) is 3.97. The Morgan fingerprint density at radius 3 is 2.45 bits per heavy atom. The summed E-state index contributed by atoms with van der Waals surface area (Å²) in [6.07, 6.45) is -2.83. The lowest BCUT2D eigenvalue weighted by Crippen LogP contribution is -2.36. The second-order valence-corrected chi connectivity index (χ2v) is 3.97. The fourth-order valence-electron chi connectivity index (χ4n) is 1.51. The quantitative estimate of drug-likeness (QED) is 0.811. The van der Waals surface area contributed by atoms with Crippen LogP contribution in [0, 0.1) is 0 Å². The smallest absolute Gasteiger partial charge is 0.329 e. The Morgan fingerprint density at radius 2 is 1.90 bits per heavy atom. The maximum Gasteiger partial charge on any atom is 0.405 e. The topological polar surface area (TPSA) is 69.8 Å². The highest BCUT2D eigenvalue weighted by Crippen LogP contribution is 2.19. The molecule has 20 heavy (non-hydrogen) atoms. The number of carbonyl (C=O) groups is 1. The van der Waals surface area contributed by atoms with E-state index < -0.39 is 18.8 Å². The van der Waals surface area contributed by atoms with Crippen molar-refractivity contribution in [1.82, 2.24) is 15.5 Å². The molecule has 1 aromatic heterocycles. The van der Waals surface area contributed by atoms with E-state index in [-0.39, 0.29) is 0 Å². The molecule has 0 aliphatic carbocycles. The van der Waals surface area contributed by atoms with Crippen LogP contribution in [0.3, 0.4) is 0 Å². The third kappa shape index (κ3) is 4.01. The summed E-state index contributed by atoms with van der Waals surface area (Å²) in [5.74, 6) is 0. The minimum atomic E-state index is -4.43. The summed E-state index contributed by atoms with van der Waals surface area (Å²) < 4.78 is 35.7. The van der Waals surface area contributed by atoms with E-state index in [0.717, 1.165) is 11.3 Å². The molecular weight excluding hydrogens is 273 g/mol. The van der Waals surface area contributed by atoms with E-state index >= 15 is 0 Å². The van der Waals surface area contributed by atoms with Gasteiger partial charge in [-0.05, 0) is 23.8 Å². The number of carbonyl (C=O) groups excluding carboxylic acids is 1. The molecule has 0 atom stereocenters. The van der Waals surface area contributed by atoms with Crippen LogP contribution in [0.1, 0.15) is 0 Å². The zero-order valence-electron chi connectivity index (χ0n) is 10.2. The van der Waals surface area contributed by atoms with Gasteiger partial charge in [-0.25, -0.2) is 4.79 Å². The minimum Gasteiger partial charge on any atom is -0.329 e. The first-order valence-corrected chi connectivity index (χ1v) is 5.65. The Bertz CT molecular complexity index is 563. The zero-order chi connectivity index (χ0) is 14.6. The lowest BCUT2D eigenvalue weighted by molar-refractivity contribution is -0.122. The Balaban J connectivity index is 1.92. The average molecular weight is 284 g/mol. The van der Waals surface area contributed by atoms with Crippen LogP contribution in [-0.2, 0) is 0 Å². The molecule has 0 bridgehead atoms. The number of alkyl halides is 3. The van der Waals surface area contributed by atoms with E-state index in [0.29, 0.717) is 5.69 Å². The van der Waals surface area contributed by atoms with E-state index in [9.17, 15) is 18.0 Å². The van der Waals surface area contributed by atoms with Crippen LogP contribution in [0.4, 0.5) is 23.7 Å². The van der Waals surface area contributed by atoms with Crippen LogP contribution in [0.25, 0.3) is 11.3 Å². The van der Waals surface area contributed by atoms with Crippen LogP contribution in [0.15, 0.2) is 36.5 Å². The third-order valence-electron chi connectivity index (χ3n) is 2.40. The summed E-state index contributed by atoms with van der Waals surface area (Å²) >= 11 is 0. The number of anilines is 1. The van der Waals surface area contributed by atoms with Crippen molar-refractivity contribution in [2.45, 2.75) is 6.18 Å². The van der Waals surface area contributed by atoms with Gasteiger partial charge < -0.3 is 10.6 Å². The molecule has 0 saturated heterocycles. The summed E-state index contributed by atoms with van der Waals surface area (Å²) in [6, 6.07) is 7.47. The van der Waals surface area contributed by atoms with Crippen molar-refractivity contribution in [3.05, 3.63) is 36.5 Å². The Kier molecular flexibility index (Phi) is 3.92. The van der Waals surface area contributed by atoms with Crippen molar-refractivity contribution in [3.63, 3.8) is 0 Å². The largest absolute Gasteiger partial charge is 0.405 e. The standard InChI is InChI=1S/C12H11F3N4O/c13-12(14,15)7-16-11(20)18-9-3-1-8(2-4-9)10-5-6-17-19-10/h1-6H,7H2,(H,17,19)(H2,16,18,20). The number of urea groups is 1. The van der Waals surface area contributed by atoms with Gasteiger partial charge in [0.2, 0.25) is 0 Å². The van der Waals surface area contributed by atoms with E-state index in [2.05, 4.69) is 15.5 Å². The van der Waals surface area contributed by atoms with E-state index in [1.165, 1.54) is 0 Å². The number of halogens is 3. The van der Waals surface area contributed by atoms with Gasteiger partial charge in [0.05, 0.1) is 5.69 Å². The Hall–Kier alpha value is -2.51. The highest BCUT2D eigenvalue weighted by molar-refractivity contribution is 5.89. The monoisotopic (exact) mass is 284 g/mol. The van der Waals surface area contributed by atoms with Crippen LogP contribution in [0.2, 0.25) is 0 Å². The molecule has 1 heterocycles. The molecule has 0 aliphatic rings. The van der Waals surface area contributed by atoms with Gasteiger partial charge >= 0.3 is 12.2 Å². The number of hydrogen-bond donors (Lipinski definition) is 3. The summed E-state index contributed by atoms with van der Waals surface area (Å²) in [6.45, 7) is -1.37. The normalized spacial score (nSPS) is 11.2. The van der Waals surface area contributed by atoms with Gasteiger partial charge in [-0.15, -0.1) is 0 Å². The maximum absolute atomic E-state index is 11.9. The molecule has 0 fully saturated rings. The molecule has 0 aliphatic heterocycles. The number of rotatable bonds is 3. The zero-order valence-corrected chi connectivity index (χ0v) is 10.2. The highest BCUT2D eigenvalue weighted by Gasteiger charge is 2.27. The molecule has 3 N–H and O–H groups in total. The van der Waals surface area contributed by atoms with E-state index in [1.54, 1.807) is 41.8 Å². The Labute approximate surface area is 112 Å². The van der Waals surface area contributed by atoms with Crippen molar-refractivity contribution in [1.29, 1.82) is 0 Å². The minimum absolute atomic E-state index is 0.396. The first-order chi connectivity index (χ1) is 9.44. The number of aromatic nitrogens is 2. The molecule has 1 aromatic carbocycles. The molecule has 0 radical (unpaired) electrons. The van der Waals surface area contributed by atoms with Gasteiger partial charge in [-0.1, -0.05) is 12.1 Å². The fourth-order valence-corrected chi connectivity index (χ4v) is 1.51. The number of nitrogens with one attached hydrogen (secondary N) is 3. The van der Waals surface area contributed by atoms with Crippen molar-refractivity contribution in [2.24, 2.45) is 0 Å². The molecule has 0 saturated carbocycles. The van der Waals surface area contributed by atoms with Crippen LogP contribution < -0.4 is 10.6 Å². The van der Waals surface area contributed by atoms with Crippen molar-refractivity contribution < 1.29 is 18.0 Å². The van der Waals surface area contributed by atoms with Crippen molar-refractivity contribution >= 4 is 11.7 Å². The van der Waals surface area contributed by atoms with Gasteiger partial charge in [0.1, 0.15) is 6.54 Å². The van der Waals surface area contributed by atoms with Gasteiger partial charge in [-0.3, -0.25) is 5.10 Å². The lowest BCUT2D eigenvalue weighted by Gasteiger charge is -2.10. The van der Waals surface area contributed by atoms with Crippen molar-refractivity contribution in [3.8, 4) is 11.3 Å². The molecule has 2 rings (SSSR count). The Morgan fingerprint density at radius 1 is 1.20 bits per heavy atom. The maximum atomic E-state index is 11.9. The molecule has 0 spiro atoms. The molecule has 2 amide bonds. The number of amides is 2. The first-order valence-electron chi connectivity index (χ1n) is 5.65. The SMILES string of the molecule is O=C(NCC(F)(F)F)Nc1ccc(-c2ccn[nH]2)cc1. The predicted molar refractivity (Wildman–Crippen MR) is 67.1 cm³/mol. The predicted octanol–water partition coefficient (Wildman–Crippen LogP) is 2.76. The van der Waals surface area contributed by atoms with Gasteiger partial charge in [0.25, 0.3) is 0 Å². The van der Waals surface area contributed by atoms with Gasteiger partial charge in [0, 0.05) is 11.9 Å². The number of benzene rings is 1. The third-order valence-corrected chi connectivity index (χ3v) is 2.40. The molecule has 2 aromatic rings. The summed E-state index contributed by atoms with van der Waals surface area (Å²) in [7, 11) is 0. The molecule has 5 nitrogen and oxygen atoms in total. The number of aromatic amines is 1. The molecule has 0 unspecified atom stereocenters. The summed E-state index contributed by atoms with van der Waals surface area (Å²) in [5.41, 5.74) is 2.05. The van der Waals surface area contributed by atoms with E-state index in [4.69, 9.17) is 0 Å². The van der Waals surface area contributed by atoms with Gasteiger partial charge in [0.15, 0.2) is 0 Å². The summed E-state index contributed by atoms with van der Waals surface area (Å²) in [4.78, 5) is 11.2. The molecule has 8 heteroatoms. The lowest BCUT2D eigenvalue weighted by atomic mass is 10.1. The average Bonchev–Trinajstić information content (AvgIpc) is 2.90. The molecular formula is C12H11F3N4O. The summed E-state index contributed by atoms with van der Waals surface area (Å²) in [5, 5.41) is 10.6. The van der Waals surface area contributed by atoms with Crippen LogP contribution >= 0.6 is 0 Å². The van der Waals surface area contributed by atoms with Gasteiger partial charge in [-0.2, -0.15) is 18.3 Å². The van der Waals surface area contributed by atoms with E-state index in [1.807, 2.05) is 0 Å². The van der Waals surface area contributed by atoms with Crippen molar-refractivity contribution in [2.75, 3.05) is 11.9 Å². The van der Waals surface area contributed by atoms with Crippen LogP contribution in [0.5, 0.6) is 0 Å².